The number of hydrogen-bond acceptors (Lipinski definition) is 4. The molecule has 0 bridgehead atoms. The van der Waals surface area contributed by atoms with Crippen LogP contribution in [0.1, 0.15) is 24.6 Å². The summed E-state index contributed by atoms with van der Waals surface area (Å²) in [6, 6.07) is 1.96. The smallest absolute Gasteiger partial charge is 0.162 e. The monoisotopic (exact) mass is 368 g/mol. The van der Waals surface area contributed by atoms with Crippen molar-refractivity contribution in [1.29, 1.82) is 0 Å². The average Bonchev–Trinajstić information content (AvgIpc) is 2.41. The molecule has 2 rings (SSSR count). The Morgan fingerprint density at radius 1 is 1.26 bits per heavy atom. The molecule has 0 aromatic carbocycles. The largest absolute Gasteiger partial charge is 0.369 e. The van der Waals surface area contributed by atoms with Gasteiger partial charge in [0.25, 0.3) is 0 Å². The first-order chi connectivity index (χ1) is 9.13. The molecule has 2 aromatic rings. The summed E-state index contributed by atoms with van der Waals surface area (Å²) in [5.74, 6) is 1.68. The van der Waals surface area contributed by atoms with Crippen molar-refractivity contribution in [2.24, 2.45) is 0 Å². The van der Waals surface area contributed by atoms with Crippen LogP contribution in [0.4, 0.5) is 5.82 Å². The van der Waals surface area contributed by atoms with E-state index in [0.29, 0.717) is 0 Å². The molecule has 0 radical (unpaired) electrons. The summed E-state index contributed by atoms with van der Waals surface area (Å²) in [5, 5.41) is 3.36. The first-order valence-electron chi connectivity index (χ1n) is 6.32. The molecule has 0 fully saturated rings. The second kappa shape index (κ2) is 6.27. The number of pyridine rings is 1. The standard InChI is InChI=1S/C14H17IN4/c1-4-6-17-14-12(15)10(3)18-13(19-14)11-5-7-16-8-9(11)2/h5,7-8H,4,6H2,1-3H3,(H,17,18,19). The minimum atomic E-state index is 0.761. The number of anilines is 1. The highest BCUT2D eigenvalue weighted by Crippen LogP contribution is 2.25. The fourth-order valence-electron chi connectivity index (χ4n) is 1.76. The van der Waals surface area contributed by atoms with E-state index in [1.807, 2.05) is 26.1 Å². The van der Waals surface area contributed by atoms with Crippen molar-refractivity contribution < 1.29 is 0 Å². The molecule has 0 aliphatic heterocycles. The predicted octanol–water partition coefficient (Wildman–Crippen LogP) is 3.58. The van der Waals surface area contributed by atoms with Gasteiger partial charge in [0.05, 0.1) is 9.26 Å². The Bertz CT molecular complexity index is 584. The van der Waals surface area contributed by atoms with Gasteiger partial charge in [-0.25, -0.2) is 9.97 Å². The van der Waals surface area contributed by atoms with Gasteiger partial charge in [0.15, 0.2) is 5.82 Å². The SMILES string of the molecule is CCCNc1nc(-c2ccncc2C)nc(C)c1I. The summed E-state index contributed by atoms with van der Waals surface area (Å²) in [7, 11) is 0. The van der Waals surface area contributed by atoms with Crippen molar-refractivity contribution in [2.45, 2.75) is 27.2 Å². The lowest BCUT2D eigenvalue weighted by Gasteiger charge is -2.11. The van der Waals surface area contributed by atoms with Crippen LogP contribution in [0.5, 0.6) is 0 Å². The number of aromatic nitrogens is 3. The molecule has 0 unspecified atom stereocenters. The third-order valence-electron chi connectivity index (χ3n) is 2.82. The van der Waals surface area contributed by atoms with Gasteiger partial charge in [-0.15, -0.1) is 0 Å². The topological polar surface area (TPSA) is 50.7 Å². The van der Waals surface area contributed by atoms with Crippen molar-refractivity contribution in [3.8, 4) is 11.4 Å². The van der Waals surface area contributed by atoms with E-state index in [1.165, 1.54) is 0 Å². The zero-order chi connectivity index (χ0) is 13.8. The minimum Gasteiger partial charge on any atom is -0.369 e. The Labute approximate surface area is 127 Å². The van der Waals surface area contributed by atoms with Crippen molar-refractivity contribution in [3.05, 3.63) is 33.3 Å². The van der Waals surface area contributed by atoms with E-state index in [4.69, 9.17) is 0 Å². The summed E-state index contributed by atoms with van der Waals surface area (Å²) in [6.07, 6.45) is 4.69. The maximum absolute atomic E-state index is 4.64. The number of hydrogen-bond donors (Lipinski definition) is 1. The molecular weight excluding hydrogens is 351 g/mol. The van der Waals surface area contributed by atoms with Crippen LogP contribution >= 0.6 is 22.6 Å². The Morgan fingerprint density at radius 2 is 2.05 bits per heavy atom. The Morgan fingerprint density at radius 3 is 2.74 bits per heavy atom. The van der Waals surface area contributed by atoms with Gasteiger partial charge in [-0.1, -0.05) is 6.92 Å². The third-order valence-corrected chi connectivity index (χ3v) is 4.11. The van der Waals surface area contributed by atoms with Gasteiger partial charge in [0.1, 0.15) is 5.82 Å². The highest BCUT2D eigenvalue weighted by molar-refractivity contribution is 14.1. The van der Waals surface area contributed by atoms with Crippen molar-refractivity contribution >= 4 is 28.4 Å². The Hall–Kier alpha value is -1.24. The quantitative estimate of drug-likeness (QED) is 0.839. The number of nitrogens with zero attached hydrogens (tertiary/aromatic N) is 3. The lowest BCUT2D eigenvalue weighted by molar-refractivity contribution is 0.958. The van der Waals surface area contributed by atoms with E-state index >= 15 is 0 Å². The summed E-state index contributed by atoms with van der Waals surface area (Å²) in [4.78, 5) is 13.3. The molecule has 0 saturated carbocycles. The maximum atomic E-state index is 4.64. The van der Waals surface area contributed by atoms with Gasteiger partial charge in [0.2, 0.25) is 0 Å². The zero-order valence-electron chi connectivity index (χ0n) is 11.4. The van der Waals surface area contributed by atoms with E-state index in [-0.39, 0.29) is 0 Å². The third kappa shape index (κ3) is 3.20. The fourth-order valence-corrected chi connectivity index (χ4v) is 2.20. The highest BCUT2D eigenvalue weighted by atomic mass is 127. The van der Waals surface area contributed by atoms with E-state index < -0.39 is 0 Å². The fraction of sp³-hybridized carbons (Fsp3) is 0.357. The molecular formula is C14H17IN4. The summed E-state index contributed by atoms with van der Waals surface area (Å²) < 4.78 is 1.08. The van der Waals surface area contributed by atoms with Crippen molar-refractivity contribution in [2.75, 3.05) is 11.9 Å². The lowest BCUT2D eigenvalue weighted by atomic mass is 10.1. The first kappa shape index (κ1) is 14.2. The molecule has 0 atom stereocenters. The maximum Gasteiger partial charge on any atom is 0.162 e. The minimum absolute atomic E-state index is 0.761. The average molecular weight is 368 g/mol. The summed E-state index contributed by atoms with van der Waals surface area (Å²) in [6.45, 7) is 7.10. The molecule has 5 heteroatoms. The first-order valence-corrected chi connectivity index (χ1v) is 7.40. The normalized spacial score (nSPS) is 10.5. The van der Waals surface area contributed by atoms with Crippen LogP contribution in [0, 0.1) is 17.4 Å². The molecule has 2 heterocycles. The second-order valence-electron chi connectivity index (χ2n) is 4.41. The zero-order valence-corrected chi connectivity index (χ0v) is 13.5. The number of nitrogens with one attached hydrogen (secondary N) is 1. The van der Waals surface area contributed by atoms with Gasteiger partial charge < -0.3 is 5.32 Å². The van der Waals surface area contributed by atoms with Crippen LogP contribution in [-0.4, -0.2) is 21.5 Å². The van der Waals surface area contributed by atoms with Crippen molar-refractivity contribution in [1.82, 2.24) is 15.0 Å². The number of rotatable bonds is 4. The number of halogens is 1. The van der Waals surface area contributed by atoms with E-state index in [0.717, 1.165) is 45.0 Å². The molecule has 100 valence electrons. The van der Waals surface area contributed by atoms with E-state index in [9.17, 15) is 0 Å². The van der Waals surface area contributed by atoms with Gasteiger partial charge in [-0.05, 0) is 54.5 Å². The van der Waals surface area contributed by atoms with Gasteiger partial charge in [-0.3, -0.25) is 4.98 Å². The van der Waals surface area contributed by atoms with Crippen LogP contribution in [0.15, 0.2) is 18.5 Å². The van der Waals surface area contributed by atoms with Gasteiger partial charge in [-0.2, -0.15) is 0 Å². The molecule has 0 amide bonds. The van der Waals surface area contributed by atoms with E-state index in [1.54, 1.807) is 6.20 Å². The predicted molar refractivity (Wildman–Crippen MR) is 86.2 cm³/mol. The van der Waals surface area contributed by atoms with Crippen LogP contribution in [-0.2, 0) is 0 Å². The molecule has 2 aromatic heterocycles. The Balaban J connectivity index is 2.47. The highest BCUT2D eigenvalue weighted by Gasteiger charge is 2.11. The number of aryl methyl sites for hydroxylation is 2. The molecule has 0 aliphatic carbocycles. The molecule has 19 heavy (non-hydrogen) atoms. The van der Waals surface area contributed by atoms with Crippen LogP contribution < -0.4 is 5.32 Å². The van der Waals surface area contributed by atoms with Crippen LogP contribution in [0.3, 0.4) is 0 Å². The molecule has 4 nitrogen and oxygen atoms in total. The molecule has 0 aliphatic rings. The molecule has 0 saturated heterocycles. The van der Waals surface area contributed by atoms with Crippen molar-refractivity contribution in [3.63, 3.8) is 0 Å². The van der Waals surface area contributed by atoms with Crippen LogP contribution in [0.2, 0.25) is 0 Å². The molecule has 1 N–H and O–H groups in total. The van der Waals surface area contributed by atoms with E-state index in [2.05, 4.69) is 49.8 Å². The van der Waals surface area contributed by atoms with Crippen LogP contribution in [0.25, 0.3) is 11.4 Å². The summed E-state index contributed by atoms with van der Waals surface area (Å²) >= 11 is 2.29. The second-order valence-corrected chi connectivity index (χ2v) is 5.49. The Kier molecular flexibility index (Phi) is 4.68. The molecule has 0 spiro atoms. The summed E-state index contributed by atoms with van der Waals surface area (Å²) in [5.41, 5.74) is 3.12. The van der Waals surface area contributed by atoms with Gasteiger partial charge in [0, 0.05) is 24.5 Å². The lowest BCUT2D eigenvalue weighted by Crippen LogP contribution is -2.08. The van der Waals surface area contributed by atoms with Gasteiger partial charge >= 0.3 is 0 Å².